The van der Waals surface area contributed by atoms with Crippen LogP contribution in [-0.4, -0.2) is 28.8 Å². The number of halogens is 2. The van der Waals surface area contributed by atoms with Crippen molar-refractivity contribution in [3.63, 3.8) is 0 Å². The summed E-state index contributed by atoms with van der Waals surface area (Å²) in [5, 5.41) is 12.0. The van der Waals surface area contributed by atoms with Crippen molar-refractivity contribution in [1.29, 1.82) is 0 Å². The highest BCUT2D eigenvalue weighted by molar-refractivity contribution is 9.11. The Labute approximate surface area is 182 Å². The quantitative estimate of drug-likeness (QED) is 0.543. The van der Waals surface area contributed by atoms with Crippen LogP contribution in [0.2, 0.25) is 0 Å². The minimum Gasteiger partial charge on any atom is -0.480 e. The topological polar surface area (TPSA) is 88.0 Å². The van der Waals surface area contributed by atoms with Crippen LogP contribution in [0.5, 0.6) is 5.75 Å². The van der Waals surface area contributed by atoms with E-state index in [1.807, 2.05) is 31.2 Å². The number of carboxylic acid groups (broad SMARTS) is 1. The van der Waals surface area contributed by atoms with Gasteiger partial charge >= 0.3 is 5.97 Å². The lowest BCUT2D eigenvalue weighted by Gasteiger charge is -2.09. The number of amidine groups is 1. The Morgan fingerprint density at radius 1 is 1.25 bits per heavy atom. The maximum atomic E-state index is 12.3. The number of aryl methyl sites for hydroxylation is 1. The fraction of sp³-hybridized carbons (Fsp3) is 0.105. The van der Waals surface area contributed by atoms with E-state index in [1.54, 1.807) is 18.2 Å². The number of ether oxygens (including phenoxy) is 1. The third-order valence-electron chi connectivity index (χ3n) is 3.57. The second-order valence-electron chi connectivity index (χ2n) is 5.81. The lowest BCUT2D eigenvalue weighted by molar-refractivity contribution is -0.139. The molecule has 0 bridgehead atoms. The third-order valence-corrected chi connectivity index (χ3v) is 5.66. The molecular formula is C19H14Br2N2O4S. The van der Waals surface area contributed by atoms with E-state index in [4.69, 9.17) is 9.84 Å². The number of rotatable bonds is 5. The Morgan fingerprint density at radius 3 is 2.50 bits per heavy atom. The average molecular weight is 526 g/mol. The number of aliphatic imine (C=N–C) groups is 1. The summed E-state index contributed by atoms with van der Waals surface area (Å²) in [7, 11) is 0. The van der Waals surface area contributed by atoms with Crippen molar-refractivity contribution in [2.24, 2.45) is 4.99 Å². The van der Waals surface area contributed by atoms with Gasteiger partial charge in [-0.25, -0.2) is 9.79 Å². The van der Waals surface area contributed by atoms with E-state index >= 15 is 0 Å². The summed E-state index contributed by atoms with van der Waals surface area (Å²) in [5.41, 5.74) is 2.65. The second-order valence-corrected chi connectivity index (χ2v) is 8.55. The zero-order chi connectivity index (χ0) is 20.3. The first-order valence-electron chi connectivity index (χ1n) is 8.02. The molecule has 6 nitrogen and oxygen atoms in total. The maximum absolute atomic E-state index is 12.3. The molecule has 144 valence electrons. The Bertz CT molecular complexity index is 980. The van der Waals surface area contributed by atoms with Gasteiger partial charge in [0.15, 0.2) is 11.8 Å². The van der Waals surface area contributed by atoms with Crippen molar-refractivity contribution >= 4 is 72.4 Å². The van der Waals surface area contributed by atoms with Crippen LogP contribution in [0.1, 0.15) is 11.1 Å². The molecule has 0 aromatic heterocycles. The molecule has 0 aliphatic carbocycles. The van der Waals surface area contributed by atoms with Crippen LogP contribution in [0.15, 0.2) is 55.2 Å². The Kier molecular flexibility index (Phi) is 6.58. The van der Waals surface area contributed by atoms with Crippen molar-refractivity contribution in [3.05, 3.63) is 61.4 Å². The first-order valence-corrected chi connectivity index (χ1v) is 10.4. The zero-order valence-corrected chi connectivity index (χ0v) is 18.5. The van der Waals surface area contributed by atoms with Gasteiger partial charge in [0.1, 0.15) is 5.75 Å². The van der Waals surface area contributed by atoms with E-state index in [0.29, 0.717) is 24.8 Å². The minimum absolute atomic E-state index is 0.227. The number of hydrogen-bond donors (Lipinski definition) is 2. The van der Waals surface area contributed by atoms with Gasteiger partial charge in [0.05, 0.1) is 19.5 Å². The number of nitrogens with one attached hydrogen (secondary N) is 1. The highest BCUT2D eigenvalue weighted by Crippen LogP contribution is 2.36. The Balaban J connectivity index is 1.80. The van der Waals surface area contributed by atoms with Crippen LogP contribution < -0.4 is 10.1 Å². The summed E-state index contributed by atoms with van der Waals surface area (Å²) < 4.78 is 6.40. The molecule has 1 fully saturated rings. The van der Waals surface area contributed by atoms with E-state index in [9.17, 15) is 9.59 Å². The molecule has 0 atom stereocenters. The largest absolute Gasteiger partial charge is 0.480 e. The Hall–Kier alpha value is -2.10. The molecule has 3 rings (SSSR count). The molecule has 0 unspecified atom stereocenters. The number of nitrogens with zero attached hydrogens (tertiary/aromatic N) is 1. The number of thioether (sulfide) groups is 1. The van der Waals surface area contributed by atoms with Crippen molar-refractivity contribution in [3.8, 4) is 5.75 Å². The number of carbonyl (C=O) groups is 2. The summed E-state index contributed by atoms with van der Waals surface area (Å²) in [5.74, 6) is -0.909. The molecule has 1 amide bonds. The van der Waals surface area contributed by atoms with Gasteiger partial charge in [-0.15, -0.1) is 0 Å². The normalized spacial score (nSPS) is 16.5. The van der Waals surface area contributed by atoms with Crippen LogP contribution in [-0.2, 0) is 9.59 Å². The Morgan fingerprint density at radius 2 is 1.89 bits per heavy atom. The van der Waals surface area contributed by atoms with E-state index in [2.05, 4.69) is 42.2 Å². The van der Waals surface area contributed by atoms with Gasteiger partial charge in [-0.1, -0.05) is 17.7 Å². The molecule has 1 aliphatic heterocycles. The van der Waals surface area contributed by atoms with E-state index < -0.39 is 12.6 Å². The SMILES string of the molecule is Cc1ccc(N=C2NC(=O)/C(=C/c3cc(Br)c(OCC(=O)O)c(Br)c3)S2)cc1. The average Bonchev–Trinajstić information content (AvgIpc) is 2.95. The van der Waals surface area contributed by atoms with Crippen LogP contribution in [0.25, 0.3) is 6.08 Å². The monoisotopic (exact) mass is 524 g/mol. The number of benzene rings is 2. The predicted molar refractivity (Wildman–Crippen MR) is 117 cm³/mol. The van der Waals surface area contributed by atoms with Crippen molar-refractivity contribution in [2.75, 3.05) is 6.61 Å². The van der Waals surface area contributed by atoms with E-state index in [1.165, 1.54) is 11.8 Å². The van der Waals surface area contributed by atoms with Gasteiger partial charge in [0.2, 0.25) is 0 Å². The number of carbonyl (C=O) groups excluding carboxylic acids is 1. The molecule has 0 spiro atoms. The zero-order valence-electron chi connectivity index (χ0n) is 14.5. The van der Waals surface area contributed by atoms with Gasteiger partial charge in [-0.2, -0.15) is 0 Å². The van der Waals surface area contributed by atoms with E-state index in [-0.39, 0.29) is 5.91 Å². The predicted octanol–water partition coefficient (Wildman–Crippen LogP) is 4.88. The van der Waals surface area contributed by atoms with Gasteiger partial charge in [-0.05, 0) is 86.5 Å². The fourth-order valence-electron chi connectivity index (χ4n) is 2.30. The molecule has 1 heterocycles. The van der Waals surface area contributed by atoms with Crippen LogP contribution in [0, 0.1) is 6.92 Å². The second kappa shape index (κ2) is 8.93. The van der Waals surface area contributed by atoms with Crippen molar-refractivity contribution in [2.45, 2.75) is 6.92 Å². The van der Waals surface area contributed by atoms with Gasteiger partial charge in [0.25, 0.3) is 5.91 Å². The minimum atomic E-state index is -1.07. The maximum Gasteiger partial charge on any atom is 0.341 e. The highest BCUT2D eigenvalue weighted by Gasteiger charge is 2.24. The molecule has 2 aromatic rings. The number of hydrogen-bond acceptors (Lipinski definition) is 5. The lowest BCUT2D eigenvalue weighted by Crippen LogP contribution is -2.19. The van der Waals surface area contributed by atoms with Gasteiger partial charge < -0.3 is 15.2 Å². The van der Waals surface area contributed by atoms with Crippen LogP contribution >= 0.6 is 43.6 Å². The summed E-state index contributed by atoms with van der Waals surface area (Å²) >= 11 is 7.99. The molecule has 1 aliphatic rings. The summed E-state index contributed by atoms with van der Waals surface area (Å²) in [6.07, 6.45) is 1.73. The lowest BCUT2D eigenvalue weighted by atomic mass is 10.2. The standard InChI is InChI=1S/C19H14Br2N2O4S/c1-10-2-4-12(5-3-10)22-19-23-18(26)15(28-19)8-11-6-13(20)17(14(21)7-11)27-9-16(24)25/h2-8H,9H2,1H3,(H,24,25)(H,22,23,26)/b15-8-. The van der Waals surface area contributed by atoms with Gasteiger partial charge in [0, 0.05) is 0 Å². The molecule has 2 N–H and O–H groups in total. The van der Waals surface area contributed by atoms with E-state index in [0.717, 1.165) is 16.8 Å². The summed E-state index contributed by atoms with van der Waals surface area (Å²) in [4.78, 5) is 27.9. The molecule has 28 heavy (non-hydrogen) atoms. The summed E-state index contributed by atoms with van der Waals surface area (Å²) in [6.45, 7) is 1.55. The molecule has 2 aromatic carbocycles. The van der Waals surface area contributed by atoms with Gasteiger partial charge in [-0.3, -0.25) is 4.79 Å². The first-order chi connectivity index (χ1) is 13.3. The fourth-order valence-corrected chi connectivity index (χ4v) is 4.60. The van der Waals surface area contributed by atoms with Crippen LogP contribution in [0.3, 0.4) is 0 Å². The molecule has 9 heteroatoms. The number of amides is 1. The number of carboxylic acids is 1. The van der Waals surface area contributed by atoms with Crippen molar-refractivity contribution in [1.82, 2.24) is 5.32 Å². The molecular weight excluding hydrogens is 512 g/mol. The van der Waals surface area contributed by atoms with Crippen molar-refractivity contribution < 1.29 is 19.4 Å². The first kappa shape index (κ1) is 20.6. The molecule has 1 saturated heterocycles. The molecule has 0 saturated carbocycles. The van der Waals surface area contributed by atoms with Crippen LogP contribution in [0.4, 0.5) is 5.69 Å². The number of aliphatic carboxylic acids is 1. The molecule has 0 radical (unpaired) electrons. The highest BCUT2D eigenvalue weighted by atomic mass is 79.9. The smallest absolute Gasteiger partial charge is 0.341 e. The third kappa shape index (κ3) is 5.24. The summed E-state index contributed by atoms with van der Waals surface area (Å²) in [6, 6.07) is 11.2.